The smallest absolute Gasteiger partial charge is 0.232 e. The fourth-order valence-electron chi connectivity index (χ4n) is 0.801. The summed E-state index contributed by atoms with van der Waals surface area (Å²) in [5, 5.41) is 0.534. The molecule has 0 saturated carbocycles. The molecule has 4 heteroatoms. The van der Waals surface area contributed by atoms with Crippen molar-refractivity contribution in [3.8, 4) is 5.88 Å². The van der Waals surface area contributed by atoms with Crippen LogP contribution in [0.3, 0.4) is 0 Å². The van der Waals surface area contributed by atoms with Crippen molar-refractivity contribution < 1.29 is 4.74 Å². The van der Waals surface area contributed by atoms with Crippen LogP contribution < -0.4 is 4.74 Å². The largest absolute Gasteiger partial charge is 0.473 e. The lowest BCUT2D eigenvalue weighted by molar-refractivity contribution is 0.163. The summed E-state index contributed by atoms with van der Waals surface area (Å²) < 4.78 is 6.45. The van der Waals surface area contributed by atoms with Gasteiger partial charge >= 0.3 is 0 Å². The maximum atomic E-state index is 5.96. The summed E-state index contributed by atoms with van der Waals surface area (Å²) in [5.41, 5.74) is 0. The van der Waals surface area contributed by atoms with Gasteiger partial charge < -0.3 is 4.74 Å². The van der Waals surface area contributed by atoms with Gasteiger partial charge in [0.1, 0.15) is 5.02 Å². The summed E-state index contributed by atoms with van der Waals surface area (Å²) in [6.45, 7) is 6.19. The van der Waals surface area contributed by atoms with Crippen molar-refractivity contribution >= 4 is 27.5 Å². The van der Waals surface area contributed by atoms with E-state index in [-0.39, 0.29) is 6.10 Å². The Hall–Kier alpha value is -0.280. The number of aromatic nitrogens is 1. The molecule has 1 rings (SSSR count). The average Bonchev–Trinajstić information content (AvgIpc) is 2.09. The van der Waals surface area contributed by atoms with Crippen molar-refractivity contribution in [2.45, 2.75) is 26.9 Å². The summed E-state index contributed by atoms with van der Waals surface area (Å²) in [5.74, 6) is 0.938. The first-order valence-electron chi connectivity index (χ1n) is 4.48. The molecule has 0 fully saturated rings. The van der Waals surface area contributed by atoms with Crippen molar-refractivity contribution in [2.24, 2.45) is 5.92 Å². The lowest BCUT2D eigenvalue weighted by Crippen LogP contribution is -2.19. The van der Waals surface area contributed by atoms with Crippen LogP contribution in [0.15, 0.2) is 16.7 Å². The minimum absolute atomic E-state index is 0.112. The zero-order valence-corrected chi connectivity index (χ0v) is 10.8. The van der Waals surface area contributed by atoms with Crippen LogP contribution in [-0.4, -0.2) is 11.1 Å². The van der Waals surface area contributed by atoms with Crippen molar-refractivity contribution in [2.75, 3.05) is 0 Å². The average molecular weight is 279 g/mol. The van der Waals surface area contributed by atoms with Gasteiger partial charge in [0, 0.05) is 10.7 Å². The Morgan fingerprint density at radius 2 is 2.07 bits per heavy atom. The molecule has 1 atom stereocenters. The lowest BCUT2D eigenvalue weighted by Gasteiger charge is -2.17. The number of hydrogen-bond donors (Lipinski definition) is 0. The van der Waals surface area contributed by atoms with Crippen molar-refractivity contribution in [3.63, 3.8) is 0 Å². The molecule has 0 N–H and O–H groups in total. The van der Waals surface area contributed by atoms with Gasteiger partial charge in [0.15, 0.2) is 0 Å². The molecule has 0 aliphatic carbocycles. The molecule has 0 aliphatic rings. The topological polar surface area (TPSA) is 22.1 Å². The van der Waals surface area contributed by atoms with Crippen LogP contribution in [0.25, 0.3) is 0 Å². The van der Waals surface area contributed by atoms with E-state index in [2.05, 4.69) is 34.8 Å². The number of halogens is 2. The van der Waals surface area contributed by atoms with Gasteiger partial charge in [0.25, 0.3) is 0 Å². The third kappa shape index (κ3) is 3.14. The molecular weight excluding hydrogens is 265 g/mol. The highest BCUT2D eigenvalue weighted by atomic mass is 79.9. The molecule has 0 bridgehead atoms. The molecule has 0 aromatic carbocycles. The van der Waals surface area contributed by atoms with E-state index in [1.165, 1.54) is 0 Å². The zero-order valence-electron chi connectivity index (χ0n) is 8.42. The SMILES string of the molecule is CC(C)C(C)Oc1ncc(Br)cc1Cl. The van der Waals surface area contributed by atoms with Crippen LogP contribution in [0.5, 0.6) is 5.88 Å². The fraction of sp³-hybridized carbons (Fsp3) is 0.500. The van der Waals surface area contributed by atoms with Gasteiger partial charge in [-0.1, -0.05) is 25.4 Å². The van der Waals surface area contributed by atoms with E-state index >= 15 is 0 Å². The zero-order chi connectivity index (χ0) is 10.7. The number of ether oxygens (including phenoxy) is 1. The van der Waals surface area contributed by atoms with Gasteiger partial charge in [-0.2, -0.15) is 0 Å². The maximum Gasteiger partial charge on any atom is 0.232 e. The summed E-state index contributed by atoms with van der Waals surface area (Å²) in [7, 11) is 0. The van der Waals surface area contributed by atoms with E-state index < -0.39 is 0 Å². The van der Waals surface area contributed by atoms with Crippen LogP contribution in [0.2, 0.25) is 5.02 Å². The minimum Gasteiger partial charge on any atom is -0.473 e. The van der Waals surface area contributed by atoms with E-state index in [0.29, 0.717) is 16.8 Å². The third-order valence-corrected chi connectivity index (χ3v) is 2.71. The Morgan fingerprint density at radius 3 is 2.57 bits per heavy atom. The Kier molecular flexibility index (Phi) is 4.20. The molecule has 0 radical (unpaired) electrons. The Balaban J connectivity index is 2.77. The summed E-state index contributed by atoms with van der Waals surface area (Å²) in [4.78, 5) is 4.10. The first-order chi connectivity index (χ1) is 6.50. The Morgan fingerprint density at radius 1 is 1.43 bits per heavy atom. The molecule has 1 aromatic heterocycles. The number of pyridine rings is 1. The molecule has 0 amide bonds. The van der Waals surface area contributed by atoms with Crippen LogP contribution in [0.1, 0.15) is 20.8 Å². The van der Waals surface area contributed by atoms with Crippen molar-refractivity contribution in [1.82, 2.24) is 4.98 Å². The van der Waals surface area contributed by atoms with Crippen molar-refractivity contribution in [3.05, 3.63) is 21.8 Å². The molecule has 1 heterocycles. The predicted octanol–water partition coefficient (Wildman–Crippen LogP) is 3.92. The fourth-order valence-corrected chi connectivity index (χ4v) is 1.47. The molecule has 0 spiro atoms. The molecule has 0 aliphatic heterocycles. The van der Waals surface area contributed by atoms with Crippen molar-refractivity contribution in [1.29, 1.82) is 0 Å². The molecule has 1 unspecified atom stereocenters. The van der Waals surface area contributed by atoms with Gasteiger partial charge in [-0.25, -0.2) is 4.98 Å². The number of nitrogens with zero attached hydrogens (tertiary/aromatic N) is 1. The number of hydrogen-bond acceptors (Lipinski definition) is 2. The van der Waals surface area contributed by atoms with Gasteiger partial charge in [-0.05, 0) is 34.8 Å². The minimum atomic E-state index is 0.112. The first-order valence-corrected chi connectivity index (χ1v) is 5.65. The second kappa shape index (κ2) is 4.99. The summed E-state index contributed by atoms with van der Waals surface area (Å²) in [6, 6.07) is 1.77. The van der Waals surface area contributed by atoms with E-state index in [1.54, 1.807) is 12.3 Å². The molecule has 14 heavy (non-hydrogen) atoms. The second-order valence-corrected chi connectivity index (χ2v) is 4.83. The Labute approximate surface area is 97.8 Å². The molecule has 1 aromatic rings. The quantitative estimate of drug-likeness (QED) is 0.836. The van der Waals surface area contributed by atoms with Crippen LogP contribution >= 0.6 is 27.5 Å². The highest BCUT2D eigenvalue weighted by molar-refractivity contribution is 9.10. The maximum absolute atomic E-state index is 5.96. The van der Waals surface area contributed by atoms with E-state index in [9.17, 15) is 0 Å². The summed E-state index contributed by atoms with van der Waals surface area (Å²) >= 11 is 9.25. The van der Waals surface area contributed by atoms with Gasteiger partial charge in [-0.15, -0.1) is 0 Å². The lowest BCUT2D eigenvalue weighted by atomic mass is 10.1. The van der Waals surface area contributed by atoms with E-state index in [0.717, 1.165) is 4.47 Å². The van der Waals surface area contributed by atoms with E-state index in [4.69, 9.17) is 16.3 Å². The van der Waals surface area contributed by atoms with Crippen LogP contribution in [0, 0.1) is 5.92 Å². The second-order valence-electron chi connectivity index (χ2n) is 3.51. The highest BCUT2D eigenvalue weighted by Crippen LogP contribution is 2.26. The monoisotopic (exact) mass is 277 g/mol. The molecular formula is C10H13BrClNO. The molecule has 78 valence electrons. The number of rotatable bonds is 3. The molecule has 2 nitrogen and oxygen atoms in total. The first kappa shape index (κ1) is 11.8. The van der Waals surface area contributed by atoms with Gasteiger partial charge in [0.05, 0.1) is 6.10 Å². The van der Waals surface area contributed by atoms with Crippen LogP contribution in [-0.2, 0) is 0 Å². The van der Waals surface area contributed by atoms with Gasteiger partial charge in [-0.3, -0.25) is 0 Å². The van der Waals surface area contributed by atoms with E-state index in [1.807, 2.05) is 6.92 Å². The molecule has 0 saturated heterocycles. The predicted molar refractivity (Wildman–Crippen MR) is 61.9 cm³/mol. The highest BCUT2D eigenvalue weighted by Gasteiger charge is 2.12. The normalized spacial score (nSPS) is 13.0. The van der Waals surface area contributed by atoms with Crippen LogP contribution in [0.4, 0.5) is 0 Å². The Bertz CT molecular complexity index is 317. The standard InChI is InChI=1S/C10H13BrClNO/c1-6(2)7(3)14-10-9(12)4-8(11)5-13-10/h4-7H,1-3H3. The third-order valence-electron chi connectivity index (χ3n) is 2.01. The summed E-state index contributed by atoms with van der Waals surface area (Å²) in [6.07, 6.45) is 1.79. The van der Waals surface area contributed by atoms with Gasteiger partial charge in [0.2, 0.25) is 5.88 Å².